The van der Waals surface area contributed by atoms with Gasteiger partial charge in [-0.25, -0.2) is 0 Å². The van der Waals surface area contributed by atoms with Crippen LogP contribution in [0.15, 0.2) is 22.0 Å². The molecule has 0 bridgehead atoms. The summed E-state index contributed by atoms with van der Waals surface area (Å²) in [5.41, 5.74) is 0. The minimum atomic E-state index is 0.0231. The zero-order valence-electron chi connectivity index (χ0n) is 14.9. The van der Waals surface area contributed by atoms with Gasteiger partial charge in [-0.1, -0.05) is 18.1 Å². The molecule has 0 aromatic carbocycles. The molecule has 0 unspecified atom stereocenters. The van der Waals surface area contributed by atoms with Crippen LogP contribution < -0.4 is 5.32 Å². The average Bonchev–Trinajstić information content (AvgIpc) is 3.35. The Balaban J connectivity index is 1.43. The number of aromatic nitrogens is 2. The van der Waals surface area contributed by atoms with Crippen LogP contribution in [0, 0.1) is 5.92 Å². The van der Waals surface area contributed by atoms with Crippen LogP contribution in [0.3, 0.4) is 0 Å². The highest BCUT2D eigenvalue weighted by atomic mass is 32.1. The summed E-state index contributed by atoms with van der Waals surface area (Å²) < 4.78 is 5.23. The minimum absolute atomic E-state index is 0.0231. The molecule has 140 valence electrons. The summed E-state index contributed by atoms with van der Waals surface area (Å²) in [7, 11) is 0. The molecule has 1 aliphatic rings. The third kappa shape index (κ3) is 4.69. The van der Waals surface area contributed by atoms with Crippen molar-refractivity contribution in [1.29, 1.82) is 0 Å². The number of nitrogens with zero attached hydrogens (tertiary/aromatic N) is 3. The molecule has 0 radical (unpaired) electrons. The summed E-state index contributed by atoms with van der Waals surface area (Å²) in [6, 6.07) is 3.87. The SMILES string of the molecule is CCCNC(=O)C1CCN(C(=O)CCc2nc(-c3cccs3)no2)CC1. The molecule has 1 aliphatic heterocycles. The van der Waals surface area contributed by atoms with Gasteiger partial charge in [-0.15, -0.1) is 11.3 Å². The first-order chi connectivity index (χ1) is 12.7. The number of aryl methyl sites for hydroxylation is 1. The van der Waals surface area contributed by atoms with Crippen LogP contribution in [-0.4, -0.2) is 46.5 Å². The Morgan fingerprint density at radius 1 is 1.38 bits per heavy atom. The molecular weight excluding hydrogens is 352 g/mol. The fraction of sp³-hybridized carbons (Fsp3) is 0.556. The molecule has 3 rings (SSSR count). The van der Waals surface area contributed by atoms with Crippen molar-refractivity contribution in [2.24, 2.45) is 5.92 Å². The number of nitrogens with one attached hydrogen (secondary N) is 1. The van der Waals surface area contributed by atoms with Crippen molar-refractivity contribution in [2.45, 2.75) is 39.0 Å². The van der Waals surface area contributed by atoms with Crippen LogP contribution in [0.2, 0.25) is 0 Å². The van der Waals surface area contributed by atoms with Gasteiger partial charge in [0.1, 0.15) is 0 Å². The van der Waals surface area contributed by atoms with E-state index in [1.807, 2.05) is 29.3 Å². The summed E-state index contributed by atoms with van der Waals surface area (Å²) in [5, 5.41) is 8.85. The summed E-state index contributed by atoms with van der Waals surface area (Å²) in [5.74, 6) is 1.27. The Morgan fingerprint density at radius 2 is 2.19 bits per heavy atom. The Labute approximate surface area is 156 Å². The lowest BCUT2D eigenvalue weighted by atomic mass is 9.95. The highest BCUT2D eigenvalue weighted by Gasteiger charge is 2.27. The van der Waals surface area contributed by atoms with Crippen LogP contribution in [0.4, 0.5) is 0 Å². The van der Waals surface area contributed by atoms with Gasteiger partial charge in [0, 0.05) is 38.4 Å². The van der Waals surface area contributed by atoms with E-state index >= 15 is 0 Å². The van der Waals surface area contributed by atoms with Crippen molar-refractivity contribution >= 4 is 23.2 Å². The molecule has 0 atom stereocenters. The second kappa shape index (κ2) is 8.93. The van der Waals surface area contributed by atoms with Crippen molar-refractivity contribution in [3.8, 4) is 10.7 Å². The van der Waals surface area contributed by atoms with Crippen molar-refractivity contribution in [1.82, 2.24) is 20.4 Å². The molecule has 7 nitrogen and oxygen atoms in total. The standard InChI is InChI=1S/C18H24N4O3S/c1-2-9-19-18(24)13-7-10-22(11-8-13)16(23)6-5-15-20-17(21-25-15)14-4-3-12-26-14/h3-4,12-13H,2,5-11H2,1H3,(H,19,24). The third-order valence-electron chi connectivity index (χ3n) is 4.53. The van der Waals surface area contributed by atoms with Crippen LogP contribution in [0.1, 0.15) is 38.5 Å². The van der Waals surface area contributed by atoms with Crippen molar-refractivity contribution in [3.05, 3.63) is 23.4 Å². The Hall–Kier alpha value is -2.22. The van der Waals surface area contributed by atoms with Crippen molar-refractivity contribution < 1.29 is 14.1 Å². The molecular formula is C18H24N4O3S. The quantitative estimate of drug-likeness (QED) is 0.802. The van der Waals surface area contributed by atoms with E-state index in [1.165, 1.54) is 0 Å². The summed E-state index contributed by atoms with van der Waals surface area (Å²) >= 11 is 1.55. The van der Waals surface area contributed by atoms with Gasteiger partial charge < -0.3 is 14.7 Å². The number of carbonyl (C=O) groups is 2. The van der Waals surface area contributed by atoms with E-state index in [1.54, 1.807) is 11.3 Å². The molecule has 1 saturated heterocycles. The Morgan fingerprint density at radius 3 is 2.88 bits per heavy atom. The van der Waals surface area contributed by atoms with Crippen LogP contribution >= 0.6 is 11.3 Å². The van der Waals surface area contributed by atoms with Gasteiger partial charge in [-0.3, -0.25) is 9.59 Å². The maximum Gasteiger partial charge on any atom is 0.227 e. The number of amides is 2. The van der Waals surface area contributed by atoms with E-state index < -0.39 is 0 Å². The van der Waals surface area contributed by atoms with E-state index in [2.05, 4.69) is 15.5 Å². The van der Waals surface area contributed by atoms with E-state index in [0.29, 0.717) is 37.6 Å². The Bertz CT molecular complexity index is 721. The molecule has 0 saturated carbocycles. The fourth-order valence-corrected chi connectivity index (χ4v) is 3.67. The lowest BCUT2D eigenvalue weighted by Gasteiger charge is -2.31. The lowest BCUT2D eigenvalue weighted by Crippen LogP contribution is -2.43. The highest BCUT2D eigenvalue weighted by Crippen LogP contribution is 2.22. The zero-order valence-corrected chi connectivity index (χ0v) is 15.8. The number of hydrogen-bond donors (Lipinski definition) is 1. The maximum atomic E-state index is 12.4. The minimum Gasteiger partial charge on any atom is -0.356 e. The largest absolute Gasteiger partial charge is 0.356 e. The first-order valence-electron chi connectivity index (χ1n) is 9.09. The van der Waals surface area contributed by atoms with Crippen LogP contribution in [-0.2, 0) is 16.0 Å². The molecule has 3 heterocycles. The van der Waals surface area contributed by atoms with Crippen molar-refractivity contribution in [3.63, 3.8) is 0 Å². The monoisotopic (exact) mass is 376 g/mol. The molecule has 2 amide bonds. The van der Waals surface area contributed by atoms with E-state index in [0.717, 1.165) is 30.7 Å². The van der Waals surface area contributed by atoms with Gasteiger partial charge in [0.15, 0.2) is 0 Å². The molecule has 2 aromatic heterocycles. The first kappa shape index (κ1) is 18.6. The molecule has 8 heteroatoms. The molecule has 2 aromatic rings. The van der Waals surface area contributed by atoms with Gasteiger partial charge in [0.2, 0.25) is 23.5 Å². The number of carbonyl (C=O) groups excluding carboxylic acids is 2. The van der Waals surface area contributed by atoms with Gasteiger partial charge in [-0.2, -0.15) is 4.98 Å². The predicted octanol–water partition coefficient (Wildman–Crippen LogP) is 2.50. The summed E-state index contributed by atoms with van der Waals surface area (Å²) in [6.45, 7) is 4.02. The Kier molecular flexibility index (Phi) is 6.38. The topological polar surface area (TPSA) is 88.3 Å². The van der Waals surface area contributed by atoms with Gasteiger partial charge >= 0.3 is 0 Å². The van der Waals surface area contributed by atoms with E-state index in [4.69, 9.17) is 4.52 Å². The third-order valence-corrected chi connectivity index (χ3v) is 5.40. The van der Waals surface area contributed by atoms with Crippen LogP contribution in [0.5, 0.6) is 0 Å². The summed E-state index contributed by atoms with van der Waals surface area (Å²) in [6.07, 6.45) is 3.18. The average molecular weight is 376 g/mol. The lowest BCUT2D eigenvalue weighted by molar-refractivity contribution is -0.135. The second-order valence-corrected chi connectivity index (χ2v) is 7.38. The molecule has 0 spiro atoms. The first-order valence-corrected chi connectivity index (χ1v) is 9.97. The number of likely N-dealkylation sites (tertiary alicyclic amines) is 1. The van der Waals surface area contributed by atoms with Gasteiger partial charge in [0.25, 0.3) is 0 Å². The summed E-state index contributed by atoms with van der Waals surface area (Å²) in [4.78, 5) is 31.5. The highest BCUT2D eigenvalue weighted by molar-refractivity contribution is 7.13. The number of thiophene rings is 1. The normalized spacial score (nSPS) is 15.2. The number of hydrogen-bond acceptors (Lipinski definition) is 6. The van der Waals surface area contributed by atoms with Gasteiger partial charge in [-0.05, 0) is 30.7 Å². The second-order valence-electron chi connectivity index (χ2n) is 6.44. The predicted molar refractivity (Wildman–Crippen MR) is 98.5 cm³/mol. The smallest absolute Gasteiger partial charge is 0.227 e. The molecule has 1 N–H and O–H groups in total. The maximum absolute atomic E-state index is 12.4. The van der Waals surface area contributed by atoms with Gasteiger partial charge in [0.05, 0.1) is 4.88 Å². The molecule has 26 heavy (non-hydrogen) atoms. The molecule has 1 fully saturated rings. The number of rotatable bonds is 7. The van der Waals surface area contributed by atoms with E-state index in [9.17, 15) is 9.59 Å². The zero-order chi connectivity index (χ0) is 18.4. The van der Waals surface area contributed by atoms with E-state index in [-0.39, 0.29) is 17.7 Å². The van der Waals surface area contributed by atoms with Crippen LogP contribution in [0.25, 0.3) is 10.7 Å². The number of piperidine rings is 1. The van der Waals surface area contributed by atoms with Crippen molar-refractivity contribution in [2.75, 3.05) is 19.6 Å². The molecule has 0 aliphatic carbocycles. The fourth-order valence-electron chi connectivity index (χ4n) is 3.02.